The molecule has 0 heterocycles. The molecular weight excluding hydrogens is 306 g/mol. The number of hydrogen-bond acceptors (Lipinski definition) is 3. The number of rotatable bonds is 7. The van der Waals surface area contributed by atoms with Gasteiger partial charge in [0.2, 0.25) is 0 Å². The lowest BCUT2D eigenvalue weighted by atomic mass is 10.2. The molecule has 128 valence electrons. The van der Waals surface area contributed by atoms with Gasteiger partial charge in [-0.1, -0.05) is 57.2 Å². The van der Waals surface area contributed by atoms with Crippen LogP contribution >= 0.6 is 0 Å². The molecular formula is C18H29NO3Si. The summed E-state index contributed by atoms with van der Waals surface area (Å²) in [4.78, 5) is 11.5. The van der Waals surface area contributed by atoms with Crippen molar-refractivity contribution in [1.82, 2.24) is 5.32 Å². The van der Waals surface area contributed by atoms with Crippen LogP contribution in [0.5, 0.6) is 0 Å². The van der Waals surface area contributed by atoms with Gasteiger partial charge in [-0.15, -0.1) is 0 Å². The monoisotopic (exact) mass is 335 g/mol. The van der Waals surface area contributed by atoms with Crippen LogP contribution in [0.3, 0.4) is 0 Å². The van der Waals surface area contributed by atoms with Crippen molar-refractivity contribution in [3.8, 4) is 0 Å². The molecule has 1 rings (SSSR count). The summed E-state index contributed by atoms with van der Waals surface area (Å²) in [5.74, 6) is 0. The highest BCUT2D eigenvalue weighted by molar-refractivity contribution is 6.74. The fraction of sp³-hybridized carbons (Fsp3) is 0.500. The zero-order valence-electron chi connectivity index (χ0n) is 14.9. The molecule has 0 spiro atoms. The molecule has 0 atom stereocenters. The van der Waals surface area contributed by atoms with E-state index in [0.717, 1.165) is 12.0 Å². The third-order valence-electron chi connectivity index (χ3n) is 4.09. The van der Waals surface area contributed by atoms with E-state index >= 15 is 0 Å². The third kappa shape index (κ3) is 7.48. The molecule has 1 amide bonds. The lowest BCUT2D eigenvalue weighted by molar-refractivity contribution is 0.143. The van der Waals surface area contributed by atoms with Gasteiger partial charge in [0.1, 0.15) is 6.61 Å². The maximum absolute atomic E-state index is 11.5. The quantitative estimate of drug-likeness (QED) is 0.573. The number of nitrogens with one attached hydrogen (secondary N) is 1. The second kappa shape index (κ2) is 8.89. The first-order valence-corrected chi connectivity index (χ1v) is 10.9. The maximum Gasteiger partial charge on any atom is 0.411 e. The lowest BCUT2D eigenvalue weighted by Gasteiger charge is -2.36. The van der Waals surface area contributed by atoms with E-state index in [-0.39, 0.29) is 11.6 Å². The minimum absolute atomic E-state index is 0.218. The Balaban J connectivity index is 2.18. The normalized spacial score (nSPS) is 12.4. The van der Waals surface area contributed by atoms with Crippen LogP contribution in [0.15, 0.2) is 42.6 Å². The van der Waals surface area contributed by atoms with E-state index in [9.17, 15) is 4.79 Å². The molecule has 4 nitrogen and oxygen atoms in total. The fourth-order valence-corrected chi connectivity index (χ4v) is 2.63. The summed E-state index contributed by atoms with van der Waals surface area (Å²) >= 11 is 0. The van der Waals surface area contributed by atoms with Gasteiger partial charge < -0.3 is 9.16 Å². The highest BCUT2D eigenvalue weighted by Crippen LogP contribution is 2.36. The van der Waals surface area contributed by atoms with Crippen LogP contribution in [0.2, 0.25) is 18.1 Å². The van der Waals surface area contributed by atoms with Gasteiger partial charge in [-0.25, -0.2) is 4.79 Å². The van der Waals surface area contributed by atoms with Crippen molar-refractivity contribution in [2.45, 2.75) is 51.9 Å². The summed E-state index contributed by atoms with van der Waals surface area (Å²) in [5.41, 5.74) is 0.967. The summed E-state index contributed by atoms with van der Waals surface area (Å²) in [6, 6.07) is 9.60. The van der Waals surface area contributed by atoms with Gasteiger partial charge in [-0.2, -0.15) is 0 Å². The van der Waals surface area contributed by atoms with Gasteiger partial charge >= 0.3 is 6.09 Å². The summed E-state index contributed by atoms with van der Waals surface area (Å²) in [5, 5.41) is 2.81. The number of ether oxygens (including phenoxy) is 1. The topological polar surface area (TPSA) is 47.6 Å². The molecule has 0 radical (unpaired) electrons. The molecule has 0 unspecified atom stereocenters. The first kappa shape index (κ1) is 19.5. The van der Waals surface area contributed by atoms with E-state index in [0.29, 0.717) is 6.61 Å². The molecule has 0 aliphatic carbocycles. The predicted octanol–water partition coefficient (Wildman–Crippen LogP) is 4.84. The summed E-state index contributed by atoms with van der Waals surface area (Å²) < 4.78 is 11.2. The van der Waals surface area contributed by atoms with Crippen molar-refractivity contribution in [1.29, 1.82) is 0 Å². The largest absolute Gasteiger partial charge is 0.444 e. The number of carbonyl (C=O) groups excluding carboxylic acids is 1. The van der Waals surface area contributed by atoms with Crippen molar-refractivity contribution in [3.05, 3.63) is 48.2 Å². The maximum atomic E-state index is 11.5. The second-order valence-electron chi connectivity index (χ2n) is 7.01. The van der Waals surface area contributed by atoms with E-state index in [4.69, 9.17) is 9.16 Å². The van der Waals surface area contributed by atoms with Crippen LogP contribution in [0.1, 0.15) is 32.8 Å². The van der Waals surface area contributed by atoms with Gasteiger partial charge in [0, 0.05) is 12.8 Å². The average molecular weight is 336 g/mol. The van der Waals surface area contributed by atoms with Gasteiger partial charge in [-0.3, -0.25) is 5.32 Å². The van der Waals surface area contributed by atoms with Crippen LogP contribution in [0.4, 0.5) is 4.79 Å². The van der Waals surface area contributed by atoms with Gasteiger partial charge in [0.05, 0.1) is 0 Å². The number of benzene rings is 1. The van der Waals surface area contributed by atoms with E-state index in [1.165, 1.54) is 0 Å². The van der Waals surface area contributed by atoms with Crippen LogP contribution in [0.25, 0.3) is 0 Å². The van der Waals surface area contributed by atoms with E-state index in [1.54, 1.807) is 6.20 Å². The first-order valence-electron chi connectivity index (χ1n) is 7.98. The summed E-state index contributed by atoms with van der Waals surface area (Å²) in [6.45, 7) is 12.1. The van der Waals surface area contributed by atoms with Crippen molar-refractivity contribution in [3.63, 3.8) is 0 Å². The summed E-state index contributed by atoms with van der Waals surface area (Å²) in [6.07, 6.45) is 3.82. The smallest absolute Gasteiger partial charge is 0.411 e. The number of alkyl carbamates (subject to hydrolysis) is 1. The van der Waals surface area contributed by atoms with Crippen LogP contribution in [0, 0.1) is 0 Å². The minimum Gasteiger partial charge on any atom is -0.444 e. The Morgan fingerprint density at radius 3 is 2.48 bits per heavy atom. The van der Waals surface area contributed by atoms with Crippen molar-refractivity contribution < 1.29 is 14.0 Å². The van der Waals surface area contributed by atoms with Crippen LogP contribution in [-0.4, -0.2) is 21.0 Å². The lowest BCUT2D eigenvalue weighted by Crippen LogP contribution is -2.40. The number of carbonyl (C=O) groups is 1. The highest BCUT2D eigenvalue weighted by Gasteiger charge is 2.36. The standard InChI is InChI=1S/C18H29NO3Si/c1-18(2,3)23(4,5)22-14-10-9-13-19-17(20)21-15-16-11-7-6-8-12-16/h6-9,11-13H,10,14-15H2,1-5H3,(H,19,20)/b13-9+. The number of amides is 1. The molecule has 23 heavy (non-hydrogen) atoms. The fourth-order valence-electron chi connectivity index (χ4n) is 1.57. The second-order valence-corrected chi connectivity index (χ2v) is 11.8. The van der Waals surface area contributed by atoms with Crippen molar-refractivity contribution in [2.24, 2.45) is 0 Å². The molecule has 0 bridgehead atoms. The molecule has 0 saturated carbocycles. The SMILES string of the molecule is CC(C)(C)[Si](C)(C)OCC/C=C/NC(=O)OCc1ccccc1. The zero-order valence-corrected chi connectivity index (χ0v) is 15.9. The van der Waals surface area contributed by atoms with Gasteiger partial charge in [-0.05, 0) is 30.1 Å². The Morgan fingerprint density at radius 1 is 1.22 bits per heavy atom. The Morgan fingerprint density at radius 2 is 1.87 bits per heavy atom. The molecule has 0 aliphatic heterocycles. The molecule has 0 fully saturated rings. The molecule has 5 heteroatoms. The Hall–Kier alpha value is -1.59. The molecule has 0 saturated heterocycles. The van der Waals surface area contributed by atoms with Crippen LogP contribution in [-0.2, 0) is 15.8 Å². The first-order chi connectivity index (χ1) is 10.7. The Bertz CT molecular complexity index is 507. The Kier molecular flexibility index (Phi) is 7.52. The van der Waals surface area contributed by atoms with Crippen LogP contribution < -0.4 is 5.32 Å². The Labute approximate surface area is 141 Å². The highest BCUT2D eigenvalue weighted by atomic mass is 28.4. The van der Waals surface area contributed by atoms with Gasteiger partial charge in [0.25, 0.3) is 0 Å². The number of hydrogen-bond donors (Lipinski definition) is 1. The molecule has 1 aromatic rings. The van der Waals surface area contributed by atoms with E-state index in [2.05, 4.69) is 39.2 Å². The van der Waals surface area contributed by atoms with E-state index < -0.39 is 14.4 Å². The minimum atomic E-state index is -1.68. The van der Waals surface area contributed by atoms with Crippen molar-refractivity contribution >= 4 is 14.4 Å². The third-order valence-corrected chi connectivity index (χ3v) is 8.62. The van der Waals surface area contributed by atoms with E-state index in [1.807, 2.05) is 36.4 Å². The van der Waals surface area contributed by atoms with Crippen molar-refractivity contribution in [2.75, 3.05) is 6.61 Å². The molecule has 0 aliphatic rings. The molecule has 1 aromatic carbocycles. The molecule has 1 N–H and O–H groups in total. The summed E-state index contributed by atoms with van der Waals surface area (Å²) in [7, 11) is -1.68. The molecule has 0 aromatic heterocycles. The predicted molar refractivity (Wildman–Crippen MR) is 96.7 cm³/mol. The average Bonchev–Trinajstić information content (AvgIpc) is 2.48. The van der Waals surface area contributed by atoms with Gasteiger partial charge in [0.15, 0.2) is 8.32 Å². The zero-order chi connectivity index (χ0) is 17.3.